The van der Waals surface area contributed by atoms with Crippen molar-refractivity contribution >= 4 is 21.3 Å². The highest BCUT2D eigenvalue weighted by Gasteiger charge is 2.35. The van der Waals surface area contributed by atoms with Gasteiger partial charge in [-0.25, -0.2) is 17.8 Å². The molecule has 2 aromatic carbocycles. The van der Waals surface area contributed by atoms with Gasteiger partial charge in [0.05, 0.1) is 11.4 Å². The maximum Gasteiger partial charge on any atom is 0.184 e. The van der Waals surface area contributed by atoms with Crippen molar-refractivity contribution in [3.8, 4) is 11.1 Å². The molecule has 0 N–H and O–H groups in total. The van der Waals surface area contributed by atoms with Crippen LogP contribution in [0.5, 0.6) is 0 Å². The molecule has 0 saturated carbocycles. The van der Waals surface area contributed by atoms with Crippen LogP contribution in [0.1, 0.15) is 39.6 Å². The van der Waals surface area contributed by atoms with Gasteiger partial charge in [-0.2, -0.15) is 0 Å². The van der Waals surface area contributed by atoms with Gasteiger partial charge in [0.25, 0.3) is 0 Å². The maximum atomic E-state index is 14.9. The largest absolute Gasteiger partial charge is 0.302 e. The Balaban J connectivity index is 1.62. The molecule has 0 bridgehead atoms. The van der Waals surface area contributed by atoms with Crippen LogP contribution in [0.15, 0.2) is 66.9 Å². The molecule has 0 radical (unpaired) electrons. The average molecular weight is 434 g/mol. The monoisotopic (exact) mass is 434 g/mol. The fourth-order valence-electron chi connectivity index (χ4n) is 4.26. The second-order valence-corrected chi connectivity index (χ2v) is 10.1. The molecule has 1 atom stereocenters. The molecule has 1 aliphatic rings. The van der Waals surface area contributed by atoms with E-state index in [1.54, 1.807) is 34.9 Å². The van der Waals surface area contributed by atoms with E-state index in [1.807, 2.05) is 30.3 Å². The van der Waals surface area contributed by atoms with Crippen molar-refractivity contribution in [2.45, 2.75) is 18.1 Å². The number of pyridine rings is 1. The van der Waals surface area contributed by atoms with E-state index >= 15 is 0 Å². The molecule has 7 heteroatoms. The summed E-state index contributed by atoms with van der Waals surface area (Å²) < 4.78 is 39.8. The molecule has 2 aromatic heterocycles. The topological polar surface area (TPSA) is 68.5 Å². The number of aromatic nitrogens is 2. The molecule has 0 spiro atoms. The Bertz CT molecular complexity index is 1430. The number of carbonyl (C=O) groups is 1. The molecule has 0 aliphatic heterocycles. The lowest BCUT2D eigenvalue weighted by Gasteiger charge is -2.13. The number of imidazole rings is 1. The Hall–Kier alpha value is -3.32. The molecule has 4 aromatic rings. The Kier molecular flexibility index (Phi) is 4.51. The van der Waals surface area contributed by atoms with E-state index in [-0.39, 0.29) is 17.5 Å². The zero-order valence-corrected chi connectivity index (χ0v) is 17.6. The van der Waals surface area contributed by atoms with Crippen molar-refractivity contribution < 1.29 is 17.6 Å². The third kappa shape index (κ3) is 3.55. The van der Waals surface area contributed by atoms with Crippen LogP contribution >= 0.6 is 0 Å². The first kappa shape index (κ1) is 19.6. The summed E-state index contributed by atoms with van der Waals surface area (Å²) in [4.78, 5) is 17.0. The summed E-state index contributed by atoms with van der Waals surface area (Å²) in [6.07, 6.45) is 3.20. The predicted octanol–water partition coefficient (Wildman–Crippen LogP) is 4.40. The van der Waals surface area contributed by atoms with Crippen molar-refractivity contribution in [3.63, 3.8) is 0 Å². The maximum absolute atomic E-state index is 14.9. The summed E-state index contributed by atoms with van der Waals surface area (Å²) in [6, 6.07) is 17.9. The van der Waals surface area contributed by atoms with Gasteiger partial charge < -0.3 is 4.40 Å². The third-order valence-corrected chi connectivity index (χ3v) is 6.48. The standard InChI is InChI=1S/C24H19FN2O3S/c1-31(29,30)14-15-7-9-17(10-8-15)19-13-27-22(12-20(19)25)26-23-21(28)11-18(24(23)27)16-5-3-2-4-6-16/h2-10,12-13,18H,11,14H2,1H3/t18-/m1/s1. The van der Waals surface area contributed by atoms with Crippen molar-refractivity contribution in [1.82, 2.24) is 9.38 Å². The molecule has 5 rings (SSSR count). The van der Waals surface area contributed by atoms with Crippen LogP contribution in [-0.2, 0) is 15.6 Å². The quantitative estimate of drug-likeness (QED) is 0.477. The average Bonchev–Trinajstić information content (AvgIpc) is 3.24. The summed E-state index contributed by atoms with van der Waals surface area (Å²) in [5.74, 6) is -0.686. The van der Waals surface area contributed by atoms with Gasteiger partial charge in [0.2, 0.25) is 0 Å². The Morgan fingerprint density at radius 3 is 2.48 bits per heavy atom. The minimum atomic E-state index is -3.15. The van der Waals surface area contributed by atoms with E-state index in [0.29, 0.717) is 34.5 Å². The minimum absolute atomic E-state index is 0.0420. The molecule has 0 fully saturated rings. The number of nitrogens with zero attached hydrogens (tertiary/aromatic N) is 2. The van der Waals surface area contributed by atoms with E-state index < -0.39 is 15.7 Å². The molecular weight excluding hydrogens is 415 g/mol. The summed E-state index contributed by atoms with van der Waals surface area (Å²) in [7, 11) is -3.15. The number of rotatable bonds is 4. The second kappa shape index (κ2) is 7.13. The van der Waals surface area contributed by atoms with Gasteiger partial charge in [0.15, 0.2) is 15.6 Å². The van der Waals surface area contributed by atoms with Crippen LogP contribution in [0, 0.1) is 5.82 Å². The van der Waals surface area contributed by atoms with Crippen molar-refractivity contribution in [2.75, 3.05) is 6.26 Å². The molecule has 31 heavy (non-hydrogen) atoms. The first-order valence-corrected chi connectivity index (χ1v) is 11.9. The van der Waals surface area contributed by atoms with Crippen LogP contribution in [0.4, 0.5) is 4.39 Å². The van der Waals surface area contributed by atoms with Crippen molar-refractivity contribution in [2.24, 2.45) is 0 Å². The van der Waals surface area contributed by atoms with Crippen LogP contribution in [0.2, 0.25) is 0 Å². The van der Waals surface area contributed by atoms with E-state index in [9.17, 15) is 17.6 Å². The zero-order valence-electron chi connectivity index (χ0n) is 16.7. The number of hydrogen-bond donors (Lipinski definition) is 0. The fraction of sp³-hybridized carbons (Fsp3) is 0.167. The number of sulfone groups is 1. The summed E-state index contributed by atoms with van der Waals surface area (Å²) in [5, 5.41) is 0. The van der Waals surface area contributed by atoms with E-state index in [1.165, 1.54) is 12.3 Å². The number of Topliss-reactive ketones (excluding diaryl/α,β-unsaturated/α-hetero) is 1. The number of fused-ring (bicyclic) bond motifs is 3. The van der Waals surface area contributed by atoms with Crippen molar-refractivity contribution in [3.05, 3.63) is 95.2 Å². The van der Waals surface area contributed by atoms with Crippen molar-refractivity contribution in [1.29, 1.82) is 0 Å². The second-order valence-electron chi connectivity index (χ2n) is 7.97. The lowest BCUT2D eigenvalue weighted by molar-refractivity contribution is 0.0987. The molecule has 2 heterocycles. The first-order valence-electron chi connectivity index (χ1n) is 9.87. The van der Waals surface area contributed by atoms with Gasteiger partial charge >= 0.3 is 0 Å². The smallest absolute Gasteiger partial charge is 0.184 e. The van der Waals surface area contributed by atoms with Gasteiger partial charge in [-0.05, 0) is 16.7 Å². The van der Waals surface area contributed by atoms with E-state index in [4.69, 9.17) is 0 Å². The Labute approximate surface area is 179 Å². The summed E-state index contributed by atoms with van der Waals surface area (Å²) >= 11 is 0. The fourth-order valence-corrected chi connectivity index (χ4v) is 5.05. The van der Waals surface area contributed by atoms with E-state index in [2.05, 4.69) is 4.98 Å². The lowest BCUT2D eigenvalue weighted by Crippen LogP contribution is -2.03. The molecule has 0 saturated heterocycles. The molecular formula is C24H19FN2O3S. The predicted molar refractivity (Wildman–Crippen MR) is 116 cm³/mol. The number of carbonyl (C=O) groups excluding carboxylic acids is 1. The number of halogens is 1. The molecule has 0 unspecified atom stereocenters. The third-order valence-electron chi connectivity index (χ3n) is 5.63. The molecule has 5 nitrogen and oxygen atoms in total. The van der Waals surface area contributed by atoms with Gasteiger partial charge in [0, 0.05) is 36.4 Å². The van der Waals surface area contributed by atoms with Crippen LogP contribution in [-0.4, -0.2) is 29.8 Å². The lowest BCUT2D eigenvalue weighted by atomic mass is 9.96. The highest BCUT2D eigenvalue weighted by Crippen LogP contribution is 2.39. The normalized spacial score (nSPS) is 16.1. The Morgan fingerprint density at radius 1 is 1.10 bits per heavy atom. The van der Waals surface area contributed by atoms with Crippen LogP contribution in [0.3, 0.4) is 0 Å². The number of hydrogen-bond acceptors (Lipinski definition) is 4. The SMILES string of the molecule is CS(=O)(=O)Cc1ccc(-c2cn3c4c(nc3cc2F)C(=O)C[C@@H]4c2ccccc2)cc1. The number of ketones is 1. The number of benzene rings is 2. The highest BCUT2D eigenvalue weighted by atomic mass is 32.2. The van der Waals surface area contributed by atoms with Crippen LogP contribution < -0.4 is 0 Å². The van der Waals surface area contributed by atoms with Gasteiger partial charge in [-0.3, -0.25) is 4.79 Å². The molecule has 1 aliphatic carbocycles. The van der Waals surface area contributed by atoms with Gasteiger partial charge in [-0.15, -0.1) is 0 Å². The zero-order chi connectivity index (χ0) is 21.8. The van der Waals surface area contributed by atoms with Gasteiger partial charge in [-0.1, -0.05) is 54.6 Å². The summed E-state index contributed by atoms with van der Waals surface area (Å²) in [6.45, 7) is 0. The first-order chi connectivity index (χ1) is 14.8. The van der Waals surface area contributed by atoms with Gasteiger partial charge in [0.1, 0.15) is 17.2 Å². The minimum Gasteiger partial charge on any atom is -0.302 e. The molecule has 0 amide bonds. The Morgan fingerprint density at radius 2 is 1.81 bits per heavy atom. The summed E-state index contributed by atoms with van der Waals surface area (Å²) in [5.41, 5.74) is 4.23. The van der Waals surface area contributed by atoms with E-state index in [0.717, 1.165) is 11.3 Å². The van der Waals surface area contributed by atoms with Crippen LogP contribution in [0.25, 0.3) is 16.8 Å². The molecule has 156 valence electrons. The highest BCUT2D eigenvalue weighted by molar-refractivity contribution is 7.89.